The number of benzene rings is 1. The molecule has 0 aliphatic rings. The van der Waals surface area contributed by atoms with Gasteiger partial charge in [-0.15, -0.1) is 0 Å². The van der Waals surface area contributed by atoms with Gasteiger partial charge < -0.3 is 10.1 Å². The van der Waals surface area contributed by atoms with E-state index in [-0.39, 0.29) is 11.6 Å². The van der Waals surface area contributed by atoms with Gasteiger partial charge in [-0.3, -0.25) is 10.1 Å². The quantitative estimate of drug-likeness (QED) is 0.671. The number of nitro groups is 1. The summed E-state index contributed by atoms with van der Waals surface area (Å²) in [5.74, 6) is 0.766. The zero-order valence-corrected chi connectivity index (χ0v) is 12.1. The van der Waals surface area contributed by atoms with Gasteiger partial charge in [0.15, 0.2) is 0 Å². The van der Waals surface area contributed by atoms with Crippen LogP contribution < -0.4 is 10.1 Å². The van der Waals surface area contributed by atoms with E-state index in [0.29, 0.717) is 18.2 Å². The maximum Gasteiger partial charge on any atom is 0.349 e. The van der Waals surface area contributed by atoms with Gasteiger partial charge in [0, 0.05) is 6.54 Å². The van der Waals surface area contributed by atoms with Crippen molar-refractivity contribution in [1.29, 1.82) is 0 Å². The van der Waals surface area contributed by atoms with E-state index in [2.05, 4.69) is 15.3 Å². The Morgan fingerprint density at radius 3 is 2.81 bits per heavy atom. The number of nitrogens with zero attached hydrogens (tertiary/aromatic N) is 3. The molecule has 0 aliphatic heterocycles. The Hall–Kier alpha value is -2.70. The van der Waals surface area contributed by atoms with Crippen molar-refractivity contribution in [3.63, 3.8) is 0 Å². The average Bonchev–Trinajstić information content (AvgIpc) is 2.43. The summed E-state index contributed by atoms with van der Waals surface area (Å²) in [4.78, 5) is 18.5. The van der Waals surface area contributed by atoms with Crippen LogP contribution in [0.2, 0.25) is 0 Å². The Morgan fingerprint density at radius 1 is 1.38 bits per heavy atom. The highest BCUT2D eigenvalue weighted by atomic mass is 16.6. The fourth-order valence-corrected chi connectivity index (χ4v) is 1.72. The summed E-state index contributed by atoms with van der Waals surface area (Å²) in [5, 5.41) is 14.0. The Labute approximate surface area is 122 Å². The van der Waals surface area contributed by atoms with Crippen LogP contribution in [0.4, 0.5) is 11.6 Å². The molecule has 2 aromatic rings. The Morgan fingerprint density at radius 2 is 2.14 bits per heavy atom. The number of ether oxygens (including phenoxy) is 1. The lowest BCUT2D eigenvalue weighted by atomic mass is 10.1. The lowest BCUT2D eigenvalue weighted by Gasteiger charge is -2.10. The minimum atomic E-state index is -0.559. The molecule has 2 rings (SSSR count). The summed E-state index contributed by atoms with van der Waals surface area (Å²) >= 11 is 0. The standard InChI is InChI=1S/C14H16N4O3/c1-4-15-14-16-8-11(18(19)20)13(17-14)21-12-7-9(2)5-6-10(12)3/h5-8H,4H2,1-3H3,(H,15,16,17). The fourth-order valence-electron chi connectivity index (χ4n) is 1.72. The second-order valence-corrected chi connectivity index (χ2v) is 4.54. The van der Waals surface area contributed by atoms with Gasteiger partial charge in [0.1, 0.15) is 11.9 Å². The van der Waals surface area contributed by atoms with Crippen molar-refractivity contribution in [2.24, 2.45) is 0 Å². The molecule has 0 radical (unpaired) electrons. The lowest BCUT2D eigenvalue weighted by Crippen LogP contribution is -2.05. The third kappa shape index (κ3) is 3.44. The average molecular weight is 288 g/mol. The summed E-state index contributed by atoms with van der Waals surface area (Å²) in [6.45, 7) is 6.29. The molecule has 1 heterocycles. The first-order valence-electron chi connectivity index (χ1n) is 6.51. The molecule has 1 aromatic heterocycles. The van der Waals surface area contributed by atoms with Crippen LogP contribution in [0.5, 0.6) is 11.6 Å². The number of anilines is 1. The largest absolute Gasteiger partial charge is 0.433 e. The summed E-state index contributed by atoms with van der Waals surface area (Å²) < 4.78 is 5.64. The molecule has 0 saturated carbocycles. The van der Waals surface area contributed by atoms with Crippen LogP contribution in [-0.4, -0.2) is 21.4 Å². The van der Waals surface area contributed by atoms with Crippen molar-refractivity contribution >= 4 is 11.6 Å². The number of rotatable bonds is 5. The van der Waals surface area contributed by atoms with Crippen LogP contribution >= 0.6 is 0 Å². The van der Waals surface area contributed by atoms with Gasteiger partial charge in [-0.05, 0) is 38.0 Å². The smallest absolute Gasteiger partial charge is 0.349 e. The SMILES string of the molecule is CCNc1ncc([N+](=O)[O-])c(Oc2cc(C)ccc2C)n1. The molecule has 110 valence electrons. The van der Waals surface area contributed by atoms with E-state index in [1.807, 2.05) is 39.0 Å². The molecule has 1 aromatic carbocycles. The predicted molar refractivity (Wildman–Crippen MR) is 78.8 cm³/mol. The zero-order valence-electron chi connectivity index (χ0n) is 12.1. The summed E-state index contributed by atoms with van der Waals surface area (Å²) in [7, 11) is 0. The molecule has 0 bridgehead atoms. The molecule has 21 heavy (non-hydrogen) atoms. The van der Waals surface area contributed by atoms with Gasteiger partial charge in [-0.1, -0.05) is 12.1 Å². The predicted octanol–water partition coefficient (Wildman–Crippen LogP) is 3.23. The van der Waals surface area contributed by atoms with Crippen LogP contribution in [0.25, 0.3) is 0 Å². The molecule has 0 saturated heterocycles. The molecule has 7 nitrogen and oxygen atoms in total. The fraction of sp³-hybridized carbons (Fsp3) is 0.286. The van der Waals surface area contributed by atoms with Crippen LogP contribution in [0.1, 0.15) is 18.1 Å². The topological polar surface area (TPSA) is 90.2 Å². The molecule has 0 fully saturated rings. The van der Waals surface area contributed by atoms with Crippen LogP contribution in [-0.2, 0) is 0 Å². The molecule has 0 spiro atoms. The van der Waals surface area contributed by atoms with Crippen LogP contribution in [0.15, 0.2) is 24.4 Å². The van der Waals surface area contributed by atoms with Gasteiger partial charge in [-0.2, -0.15) is 4.98 Å². The Kier molecular flexibility index (Phi) is 4.32. The Balaban J connectivity index is 2.43. The molecular formula is C14H16N4O3. The minimum Gasteiger partial charge on any atom is -0.433 e. The number of aromatic nitrogens is 2. The van der Waals surface area contributed by atoms with E-state index >= 15 is 0 Å². The van der Waals surface area contributed by atoms with Gasteiger partial charge in [0.2, 0.25) is 5.95 Å². The van der Waals surface area contributed by atoms with Crippen molar-refractivity contribution in [3.05, 3.63) is 45.6 Å². The van der Waals surface area contributed by atoms with Gasteiger partial charge in [0.25, 0.3) is 0 Å². The van der Waals surface area contributed by atoms with Crippen LogP contribution in [0, 0.1) is 24.0 Å². The number of hydrogen-bond acceptors (Lipinski definition) is 6. The molecule has 0 amide bonds. The Bertz CT molecular complexity index is 673. The second-order valence-electron chi connectivity index (χ2n) is 4.54. The number of nitrogens with one attached hydrogen (secondary N) is 1. The van der Waals surface area contributed by atoms with Crippen molar-refractivity contribution in [3.8, 4) is 11.6 Å². The van der Waals surface area contributed by atoms with Crippen LogP contribution in [0.3, 0.4) is 0 Å². The highest BCUT2D eigenvalue weighted by Crippen LogP contribution is 2.31. The van der Waals surface area contributed by atoms with E-state index in [1.54, 1.807) is 0 Å². The van der Waals surface area contributed by atoms with Crippen molar-refractivity contribution in [2.45, 2.75) is 20.8 Å². The minimum absolute atomic E-state index is 0.0698. The summed E-state index contributed by atoms with van der Waals surface area (Å²) in [6.07, 6.45) is 1.14. The van der Waals surface area contributed by atoms with Crippen molar-refractivity contribution in [2.75, 3.05) is 11.9 Å². The summed E-state index contributed by atoms with van der Waals surface area (Å²) in [6, 6.07) is 5.65. The molecule has 0 unspecified atom stereocenters. The van der Waals surface area contributed by atoms with E-state index in [4.69, 9.17) is 4.74 Å². The second kappa shape index (κ2) is 6.17. The molecule has 1 N–H and O–H groups in total. The van der Waals surface area contributed by atoms with E-state index in [0.717, 1.165) is 17.3 Å². The third-order valence-corrected chi connectivity index (χ3v) is 2.82. The lowest BCUT2D eigenvalue weighted by molar-refractivity contribution is -0.386. The maximum absolute atomic E-state index is 11.1. The zero-order chi connectivity index (χ0) is 15.4. The van der Waals surface area contributed by atoms with E-state index in [1.165, 1.54) is 0 Å². The normalized spacial score (nSPS) is 10.2. The van der Waals surface area contributed by atoms with Gasteiger partial charge in [0.05, 0.1) is 4.92 Å². The summed E-state index contributed by atoms with van der Waals surface area (Å²) in [5.41, 5.74) is 1.61. The highest BCUT2D eigenvalue weighted by Gasteiger charge is 2.20. The number of hydrogen-bond donors (Lipinski definition) is 1. The van der Waals surface area contributed by atoms with Gasteiger partial charge in [-0.25, -0.2) is 4.98 Å². The first-order chi connectivity index (χ1) is 10.0. The number of aryl methyl sites for hydroxylation is 2. The maximum atomic E-state index is 11.1. The van der Waals surface area contributed by atoms with E-state index in [9.17, 15) is 10.1 Å². The third-order valence-electron chi connectivity index (χ3n) is 2.82. The van der Waals surface area contributed by atoms with Crippen molar-refractivity contribution < 1.29 is 9.66 Å². The highest BCUT2D eigenvalue weighted by molar-refractivity contribution is 5.47. The first-order valence-corrected chi connectivity index (χ1v) is 6.51. The first kappa shape index (κ1) is 14.7. The molecule has 0 aliphatic carbocycles. The monoisotopic (exact) mass is 288 g/mol. The molecule has 7 heteroatoms. The molecule has 0 atom stereocenters. The van der Waals surface area contributed by atoms with Gasteiger partial charge >= 0.3 is 11.6 Å². The van der Waals surface area contributed by atoms with Crippen molar-refractivity contribution in [1.82, 2.24) is 9.97 Å². The molecular weight excluding hydrogens is 272 g/mol. The van der Waals surface area contributed by atoms with E-state index < -0.39 is 4.92 Å².